The summed E-state index contributed by atoms with van der Waals surface area (Å²) in [5.74, 6) is -3.23. The molecule has 0 aliphatic carbocycles. The monoisotopic (exact) mass is 472 g/mol. The summed E-state index contributed by atoms with van der Waals surface area (Å²) in [6.45, 7) is 5.04. The third-order valence-electron chi connectivity index (χ3n) is 5.44. The third-order valence-corrected chi connectivity index (χ3v) is 5.44. The fraction of sp³-hybridized carbons (Fsp3) is 0.304. The molecule has 0 bridgehead atoms. The normalized spacial score (nSPS) is 13.7. The van der Waals surface area contributed by atoms with Gasteiger partial charge in [0.1, 0.15) is 23.3 Å². The average Bonchev–Trinajstić information content (AvgIpc) is 2.81. The quantitative estimate of drug-likeness (QED) is 0.568. The first kappa shape index (κ1) is 23.3. The molecule has 1 aromatic carbocycles. The van der Waals surface area contributed by atoms with Crippen LogP contribution in [-0.4, -0.2) is 59.0 Å². The summed E-state index contributed by atoms with van der Waals surface area (Å²) in [5, 5.41) is 3.17. The Morgan fingerprint density at radius 1 is 1.00 bits per heavy atom. The molecule has 2 aromatic heterocycles. The number of nitrogens with zero attached hydrogens (tertiary/aromatic N) is 5. The lowest BCUT2D eigenvalue weighted by molar-refractivity contribution is 0.0740. The molecule has 1 saturated heterocycles. The Morgan fingerprint density at radius 3 is 2.41 bits per heavy atom. The summed E-state index contributed by atoms with van der Waals surface area (Å²) in [6.07, 6.45) is 1.70. The van der Waals surface area contributed by atoms with Crippen molar-refractivity contribution in [3.8, 4) is 5.75 Å². The average molecular weight is 472 g/mol. The number of anilines is 3. The number of benzene rings is 1. The molecule has 1 fully saturated rings. The van der Waals surface area contributed by atoms with E-state index >= 15 is 0 Å². The molecule has 1 aliphatic rings. The molecule has 11 heteroatoms. The maximum Gasteiger partial charge on any atom is 0.257 e. The Kier molecular flexibility index (Phi) is 6.53. The van der Waals surface area contributed by atoms with Crippen LogP contribution in [0.25, 0.3) is 0 Å². The number of carbonyl (C=O) groups is 1. The van der Waals surface area contributed by atoms with E-state index in [9.17, 15) is 18.0 Å². The van der Waals surface area contributed by atoms with Gasteiger partial charge in [-0.1, -0.05) is 0 Å². The molecule has 0 spiro atoms. The lowest BCUT2D eigenvalue weighted by Gasteiger charge is -2.35. The number of hydrogen-bond donors (Lipinski definition) is 1. The van der Waals surface area contributed by atoms with Crippen molar-refractivity contribution < 1.29 is 22.7 Å². The molecule has 1 amide bonds. The summed E-state index contributed by atoms with van der Waals surface area (Å²) in [7, 11) is 1.01. The Labute approximate surface area is 194 Å². The van der Waals surface area contributed by atoms with Gasteiger partial charge in [-0.25, -0.2) is 23.7 Å². The standard InChI is InChI=1S/C23H23F3N6O2/c1-13-4-5-27-17(10-13)30-18-12-19(29-14(2)28-18)31-6-8-32(9-7-31)23(33)15-11-16(24)21(26)22(34-3)20(15)25/h4-5,10-12H,6-9H2,1-3H3,(H,27,28,29,30). The number of ether oxygens (including phenoxy) is 1. The molecule has 1 aliphatic heterocycles. The molecule has 0 atom stereocenters. The van der Waals surface area contributed by atoms with Gasteiger partial charge in [0, 0.05) is 38.4 Å². The maximum atomic E-state index is 14.5. The van der Waals surface area contributed by atoms with Gasteiger partial charge in [-0.05, 0) is 37.6 Å². The van der Waals surface area contributed by atoms with Crippen molar-refractivity contribution in [1.82, 2.24) is 19.9 Å². The van der Waals surface area contributed by atoms with Gasteiger partial charge in [-0.15, -0.1) is 0 Å². The molecule has 0 unspecified atom stereocenters. The van der Waals surface area contributed by atoms with E-state index in [1.165, 1.54) is 4.90 Å². The van der Waals surface area contributed by atoms with Crippen LogP contribution in [0.5, 0.6) is 5.75 Å². The van der Waals surface area contributed by atoms with E-state index in [2.05, 4.69) is 25.0 Å². The van der Waals surface area contributed by atoms with Crippen LogP contribution < -0.4 is 15.0 Å². The van der Waals surface area contributed by atoms with Crippen molar-refractivity contribution >= 4 is 23.4 Å². The highest BCUT2D eigenvalue weighted by Crippen LogP contribution is 2.28. The van der Waals surface area contributed by atoms with E-state index in [-0.39, 0.29) is 13.1 Å². The van der Waals surface area contributed by atoms with Gasteiger partial charge >= 0.3 is 0 Å². The zero-order valence-electron chi connectivity index (χ0n) is 18.9. The van der Waals surface area contributed by atoms with Crippen LogP contribution in [0.3, 0.4) is 0 Å². The van der Waals surface area contributed by atoms with E-state index in [1.54, 1.807) is 19.2 Å². The Bertz CT molecular complexity index is 1230. The molecule has 1 N–H and O–H groups in total. The summed E-state index contributed by atoms with van der Waals surface area (Å²) in [4.78, 5) is 29.3. The summed E-state index contributed by atoms with van der Waals surface area (Å²) >= 11 is 0. The molecular formula is C23H23F3N6O2. The zero-order valence-corrected chi connectivity index (χ0v) is 18.9. The van der Waals surface area contributed by atoms with E-state index in [1.807, 2.05) is 24.0 Å². The number of nitrogens with one attached hydrogen (secondary N) is 1. The van der Waals surface area contributed by atoms with Gasteiger partial charge in [0.15, 0.2) is 17.4 Å². The van der Waals surface area contributed by atoms with Crippen LogP contribution >= 0.6 is 0 Å². The summed E-state index contributed by atoms with van der Waals surface area (Å²) < 4.78 is 46.7. The molecule has 3 aromatic rings. The van der Waals surface area contributed by atoms with Crippen LogP contribution in [0, 0.1) is 31.3 Å². The molecule has 0 radical (unpaired) electrons. The van der Waals surface area contributed by atoms with Crippen LogP contribution in [-0.2, 0) is 0 Å². The minimum Gasteiger partial charge on any atom is -0.491 e. The second-order valence-electron chi connectivity index (χ2n) is 7.85. The van der Waals surface area contributed by atoms with E-state index in [4.69, 9.17) is 0 Å². The number of rotatable bonds is 5. The number of aromatic nitrogens is 3. The smallest absolute Gasteiger partial charge is 0.257 e. The number of pyridine rings is 1. The zero-order chi connectivity index (χ0) is 24.4. The number of halogens is 3. The predicted molar refractivity (Wildman–Crippen MR) is 120 cm³/mol. The van der Waals surface area contributed by atoms with Crippen molar-refractivity contribution in [1.29, 1.82) is 0 Å². The molecular weight excluding hydrogens is 449 g/mol. The number of hydrogen-bond acceptors (Lipinski definition) is 7. The number of carbonyl (C=O) groups excluding carboxylic acids is 1. The molecule has 3 heterocycles. The highest BCUT2D eigenvalue weighted by atomic mass is 19.2. The van der Waals surface area contributed by atoms with Gasteiger partial charge in [0.2, 0.25) is 5.82 Å². The van der Waals surface area contributed by atoms with Crippen molar-refractivity contribution in [3.05, 3.63) is 64.9 Å². The van der Waals surface area contributed by atoms with Crippen LogP contribution in [0.1, 0.15) is 21.7 Å². The second kappa shape index (κ2) is 9.54. The minimum absolute atomic E-state index is 0.241. The molecule has 178 valence electrons. The van der Waals surface area contributed by atoms with Crippen molar-refractivity contribution in [3.63, 3.8) is 0 Å². The van der Waals surface area contributed by atoms with Gasteiger partial charge in [0.05, 0.1) is 12.7 Å². The number of aryl methyl sites for hydroxylation is 2. The van der Waals surface area contributed by atoms with Gasteiger partial charge in [-0.2, -0.15) is 4.39 Å². The minimum atomic E-state index is -1.47. The van der Waals surface area contributed by atoms with Crippen molar-refractivity contribution in [2.24, 2.45) is 0 Å². The lowest BCUT2D eigenvalue weighted by atomic mass is 10.1. The van der Waals surface area contributed by atoms with Crippen molar-refractivity contribution in [2.45, 2.75) is 13.8 Å². The fourth-order valence-corrected chi connectivity index (χ4v) is 3.74. The number of methoxy groups -OCH3 is 1. The third kappa shape index (κ3) is 4.73. The van der Waals surface area contributed by atoms with Crippen LogP contribution in [0.15, 0.2) is 30.5 Å². The van der Waals surface area contributed by atoms with Gasteiger partial charge in [-0.3, -0.25) is 4.79 Å². The SMILES string of the molecule is COc1c(F)c(F)cc(C(=O)N2CCN(c3cc(Nc4cc(C)ccn4)nc(C)n3)CC2)c1F. The Balaban J connectivity index is 1.47. The van der Waals surface area contributed by atoms with Gasteiger partial charge in [0.25, 0.3) is 5.91 Å². The molecule has 0 saturated carbocycles. The maximum absolute atomic E-state index is 14.5. The first-order chi connectivity index (χ1) is 16.3. The molecule has 4 rings (SSSR count). The first-order valence-corrected chi connectivity index (χ1v) is 10.6. The van der Waals surface area contributed by atoms with E-state index in [0.717, 1.165) is 12.7 Å². The largest absolute Gasteiger partial charge is 0.491 e. The van der Waals surface area contributed by atoms with Gasteiger partial charge < -0.3 is 19.9 Å². The van der Waals surface area contributed by atoms with Crippen LogP contribution in [0.4, 0.5) is 30.6 Å². The number of amides is 1. The summed E-state index contributed by atoms with van der Waals surface area (Å²) in [5.41, 5.74) is 0.485. The topological polar surface area (TPSA) is 83.5 Å². The van der Waals surface area contributed by atoms with E-state index < -0.39 is 34.7 Å². The highest BCUT2D eigenvalue weighted by Gasteiger charge is 2.29. The number of piperazine rings is 1. The second-order valence-corrected chi connectivity index (χ2v) is 7.85. The molecule has 8 nitrogen and oxygen atoms in total. The molecule has 34 heavy (non-hydrogen) atoms. The van der Waals surface area contributed by atoms with E-state index in [0.29, 0.717) is 42.4 Å². The Hall–Kier alpha value is -3.89. The summed E-state index contributed by atoms with van der Waals surface area (Å²) in [6, 6.07) is 6.14. The van der Waals surface area contributed by atoms with Crippen LogP contribution in [0.2, 0.25) is 0 Å². The van der Waals surface area contributed by atoms with Crippen molar-refractivity contribution in [2.75, 3.05) is 43.5 Å². The Morgan fingerprint density at radius 2 is 1.74 bits per heavy atom. The first-order valence-electron chi connectivity index (χ1n) is 10.6. The predicted octanol–water partition coefficient (Wildman–Crippen LogP) is 3.62. The highest BCUT2D eigenvalue weighted by molar-refractivity contribution is 5.95. The fourth-order valence-electron chi connectivity index (χ4n) is 3.74. The lowest BCUT2D eigenvalue weighted by Crippen LogP contribution is -2.49.